The van der Waals surface area contributed by atoms with Crippen LogP contribution >= 0.6 is 0 Å². The Morgan fingerprint density at radius 2 is 2.09 bits per heavy atom. The van der Waals surface area contributed by atoms with Crippen molar-refractivity contribution in [1.82, 2.24) is 15.3 Å². The third-order valence-electron chi connectivity index (χ3n) is 3.56. The van der Waals surface area contributed by atoms with Gasteiger partial charge in [-0.25, -0.2) is 0 Å². The first kappa shape index (κ1) is 14.0. The van der Waals surface area contributed by atoms with Gasteiger partial charge in [-0.3, -0.25) is 14.8 Å². The van der Waals surface area contributed by atoms with Gasteiger partial charge in [-0.2, -0.15) is 0 Å². The topological polar surface area (TPSA) is 80.9 Å². The first-order valence-corrected chi connectivity index (χ1v) is 6.97. The van der Waals surface area contributed by atoms with Crippen molar-refractivity contribution in [2.24, 2.45) is 0 Å². The van der Waals surface area contributed by atoms with Gasteiger partial charge >= 0.3 is 0 Å². The van der Waals surface area contributed by atoms with Crippen LogP contribution in [0.2, 0.25) is 0 Å². The molecule has 1 aromatic carbocycles. The molecule has 0 aliphatic rings. The van der Waals surface area contributed by atoms with E-state index in [4.69, 9.17) is 5.73 Å². The molecule has 5 heteroatoms. The summed E-state index contributed by atoms with van der Waals surface area (Å²) in [6, 6.07) is 9.32. The maximum absolute atomic E-state index is 12.5. The Kier molecular flexibility index (Phi) is 3.70. The molecule has 3 N–H and O–H groups in total. The molecule has 0 atom stereocenters. The highest BCUT2D eigenvalue weighted by Gasteiger charge is 2.14. The standard InChI is InChI=1S/C17H16N4O/c1-11-4-5-14(18)13-6-8-20-16(15(11)13)17(22)21-10-12-3-2-7-19-9-12/h2-9H,10,18H2,1H3,(H,21,22). The number of pyridine rings is 2. The molecule has 3 rings (SSSR count). The normalized spacial score (nSPS) is 10.6. The van der Waals surface area contributed by atoms with E-state index >= 15 is 0 Å². The molecule has 110 valence electrons. The van der Waals surface area contributed by atoms with Gasteiger partial charge in [0.15, 0.2) is 0 Å². The zero-order valence-electron chi connectivity index (χ0n) is 12.2. The van der Waals surface area contributed by atoms with Crippen molar-refractivity contribution < 1.29 is 4.79 Å². The first-order chi connectivity index (χ1) is 10.7. The molecule has 0 bridgehead atoms. The maximum Gasteiger partial charge on any atom is 0.270 e. The van der Waals surface area contributed by atoms with Gasteiger partial charge in [0, 0.05) is 41.6 Å². The summed E-state index contributed by atoms with van der Waals surface area (Å²) in [5, 5.41) is 4.52. The van der Waals surface area contributed by atoms with Gasteiger partial charge in [-0.1, -0.05) is 12.1 Å². The van der Waals surface area contributed by atoms with Gasteiger partial charge < -0.3 is 11.1 Å². The molecule has 0 aliphatic heterocycles. The average Bonchev–Trinajstić information content (AvgIpc) is 2.56. The van der Waals surface area contributed by atoms with Crippen LogP contribution in [0.15, 0.2) is 48.9 Å². The number of nitrogens with zero attached hydrogens (tertiary/aromatic N) is 2. The molecule has 2 heterocycles. The van der Waals surface area contributed by atoms with Crippen LogP contribution in [0, 0.1) is 6.92 Å². The van der Waals surface area contributed by atoms with E-state index in [0.29, 0.717) is 17.9 Å². The van der Waals surface area contributed by atoms with Gasteiger partial charge in [0.25, 0.3) is 5.91 Å². The van der Waals surface area contributed by atoms with Crippen molar-refractivity contribution in [3.8, 4) is 0 Å². The molecular weight excluding hydrogens is 276 g/mol. The van der Waals surface area contributed by atoms with Crippen molar-refractivity contribution in [2.45, 2.75) is 13.5 Å². The van der Waals surface area contributed by atoms with Crippen LogP contribution in [0.5, 0.6) is 0 Å². The number of nitrogens with two attached hydrogens (primary N) is 1. The number of carbonyl (C=O) groups is 1. The van der Waals surface area contributed by atoms with Crippen molar-refractivity contribution in [2.75, 3.05) is 5.73 Å². The van der Waals surface area contributed by atoms with Crippen LogP contribution < -0.4 is 11.1 Å². The van der Waals surface area contributed by atoms with Gasteiger partial charge in [-0.15, -0.1) is 0 Å². The fraction of sp³-hybridized carbons (Fsp3) is 0.118. The fourth-order valence-corrected chi connectivity index (χ4v) is 2.43. The second kappa shape index (κ2) is 5.81. The first-order valence-electron chi connectivity index (χ1n) is 6.97. The second-order valence-electron chi connectivity index (χ2n) is 5.10. The molecule has 0 saturated carbocycles. The van der Waals surface area contributed by atoms with Crippen molar-refractivity contribution in [3.63, 3.8) is 0 Å². The minimum Gasteiger partial charge on any atom is -0.398 e. The van der Waals surface area contributed by atoms with Crippen LogP contribution in [0.1, 0.15) is 21.6 Å². The highest BCUT2D eigenvalue weighted by atomic mass is 16.1. The molecule has 3 aromatic rings. The highest BCUT2D eigenvalue weighted by molar-refractivity contribution is 6.09. The zero-order valence-corrected chi connectivity index (χ0v) is 12.2. The Bertz CT molecular complexity index is 831. The lowest BCUT2D eigenvalue weighted by Gasteiger charge is -2.10. The number of carbonyl (C=O) groups excluding carboxylic acids is 1. The highest BCUT2D eigenvalue weighted by Crippen LogP contribution is 2.26. The van der Waals surface area contributed by atoms with Crippen LogP contribution in [0.3, 0.4) is 0 Å². The van der Waals surface area contributed by atoms with Crippen LogP contribution in [-0.4, -0.2) is 15.9 Å². The number of hydrogen-bond acceptors (Lipinski definition) is 4. The lowest BCUT2D eigenvalue weighted by atomic mass is 10.0. The van der Waals surface area contributed by atoms with Crippen molar-refractivity contribution in [1.29, 1.82) is 0 Å². The quantitative estimate of drug-likeness (QED) is 0.727. The monoisotopic (exact) mass is 292 g/mol. The van der Waals surface area contributed by atoms with E-state index in [1.807, 2.05) is 37.3 Å². The number of aryl methyl sites for hydroxylation is 1. The van der Waals surface area contributed by atoms with E-state index in [-0.39, 0.29) is 5.91 Å². The number of nitrogen functional groups attached to an aromatic ring is 1. The van der Waals surface area contributed by atoms with Crippen molar-refractivity contribution >= 4 is 22.4 Å². The molecule has 1 amide bonds. The van der Waals surface area contributed by atoms with E-state index in [1.54, 1.807) is 18.6 Å². The van der Waals surface area contributed by atoms with E-state index in [1.165, 1.54) is 0 Å². The molecular formula is C17H16N4O. The van der Waals surface area contributed by atoms with E-state index in [0.717, 1.165) is 21.9 Å². The molecule has 0 spiro atoms. The Labute approximate surface area is 128 Å². The third kappa shape index (κ3) is 2.61. The van der Waals surface area contributed by atoms with Crippen molar-refractivity contribution in [3.05, 3.63) is 65.7 Å². The predicted octanol–water partition coefficient (Wildman–Crippen LogP) is 2.45. The van der Waals surface area contributed by atoms with Crippen LogP contribution in [-0.2, 0) is 6.54 Å². The summed E-state index contributed by atoms with van der Waals surface area (Å²) in [6.45, 7) is 2.35. The summed E-state index contributed by atoms with van der Waals surface area (Å²) in [7, 11) is 0. The number of benzene rings is 1. The minimum absolute atomic E-state index is 0.219. The number of anilines is 1. The number of rotatable bonds is 3. The number of aromatic nitrogens is 2. The van der Waals surface area contributed by atoms with Gasteiger partial charge in [0.1, 0.15) is 5.69 Å². The predicted molar refractivity (Wildman–Crippen MR) is 86.3 cm³/mol. The molecule has 0 radical (unpaired) electrons. The summed E-state index contributed by atoms with van der Waals surface area (Å²) >= 11 is 0. The smallest absolute Gasteiger partial charge is 0.270 e. The molecule has 22 heavy (non-hydrogen) atoms. The lowest BCUT2D eigenvalue weighted by molar-refractivity contribution is 0.0947. The summed E-state index contributed by atoms with van der Waals surface area (Å²) in [4.78, 5) is 20.7. The second-order valence-corrected chi connectivity index (χ2v) is 5.10. The average molecular weight is 292 g/mol. The number of hydrogen-bond donors (Lipinski definition) is 2. The maximum atomic E-state index is 12.5. The van der Waals surface area contributed by atoms with E-state index < -0.39 is 0 Å². The largest absolute Gasteiger partial charge is 0.398 e. The Morgan fingerprint density at radius 3 is 2.86 bits per heavy atom. The van der Waals surface area contributed by atoms with Crippen LogP contribution in [0.25, 0.3) is 10.8 Å². The molecule has 0 unspecified atom stereocenters. The Hall–Kier alpha value is -2.95. The summed E-state index contributed by atoms with van der Waals surface area (Å²) in [6.07, 6.45) is 5.03. The van der Waals surface area contributed by atoms with Gasteiger partial charge in [0.2, 0.25) is 0 Å². The van der Waals surface area contributed by atoms with Gasteiger partial charge in [-0.05, 0) is 36.2 Å². The van der Waals surface area contributed by atoms with E-state index in [9.17, 15) is 4.79 Å². The van der Waals surface area contributed by atoms with E-state index in [2.05, 4.69) is 15.3 Å². The molecule has 0 fully saturated rings. The molecule has 0 saturated heterocycles. The van der Waals surface area contributed by atoms with Gasteiger partial charge in [0.05, 0.1) is 0 Å². The molecule has 5 nitrogen and oxygen atoms in total. The number of nitrogens with one attached hydrogen (secondary N) is 1. The summed E-state index contributed by atoms with van der Waals surface area (Å²) < 4.78 is 0. The summed E-state index contributed by atoms with van der Waals surface area (Å²) in [5.74, 6) is -0.219. The number of fused-ring (bicyclic) bond motifs is 1. The fourth-order valence-electron chi connectivity index (χ4n) is 2.43. The SMILES string of the molecule is Cc1ccc(N)c2ccnc(C(=O)NCc3cccnc3)c12. The Morgan fingerprint density at radius 1 is 1.23 bits per heavy atom. The number of amides is 1. The zero-order chi connectivity index (χ0) is 15.5. The molecule has 0 aliphatic carbocycles. The Balaban J connectivity index is 1.93. The lowest BCUT2D eigenvalue weighted by Crippen LogP contribution is -2.24. The van der Waals surface area contributed by atoms with Crippen LogP contribution in [0.4, 0.5) is 5.69 Å². The minimum atomic E-state index is -0.219. The third-order valence-corrected chi connectivity index (χ3v) is 3.56. The molecule has 2 aromatic heterocycles. The summed E-state index contributed by atoms with van der Waals surface area (Å²) in [5.41, 5.74) is 8.94.